The van der Waals surface area contributed by atoms with Gasteiger partial charge < -0.3 is 10.1 Å². The number of rotatable bonds is 5. The van der Waals surface area contributed by atoms with Crippen LogP contribution in [0.25, 0.3) is 0 Å². The topological polar surface area (TPSA) is 70.4 Å². The Labute approximate surface area is 191 Å². The number of amides is 2. The first kappa shape index (κ1) is 21.6. The lowest BCUT2D eigenvalue weighted by Crippen LogP contribution is -2.42. The molecule has 0 saturated carbocycles. The second kappa shape index (κ2) is 9.24. The SMILES string of the molecule is COc1ccc(/C=[N+]2\NC(=O)[C@@H](NC(=O)c3ccc(Cl)cc3)[C@H]2c2ccc(C)cc2)cc1. The van der Waals surface area contributed by atoms with E-state index in [1.807, 2.05) is 61.7 Å². The normalized spacial score (nSPS) is 19.0. The zero-order valence-corrected chi connectivity index (χ0v) is 18.5. The summed E-state index contributed by atoms with van der Waals surface area (Å²) in [5, 5.41) is 3.43. The smallest absolute Gasteiger partial charge is 0.304 e. The summed E-state index contributed by atoms with van der Waals surface area (Å²) in [6.45, 7) is 2.00. The van der Waals surface area contributed by atoms with E-state index in [1.54, 1.807) is 36.1 Å². The van der Waals surface area contributed by atoms with E-state index in [-0.39, 0.29) is 11.8 Å². The number of hydrazine groups is 1. The number of nitrogens with zero attached hydrogens (tertiary/aromatic N) is 1. The lowest BCUT2D eigenvalue weighted by Gasteiger charge is -2.15. The first-order chi connectivity index (χ1) is 15.4. The number of ether oxygens (including phenoxy) is 1. The Balaban J connectivity index is 1.68. The van der Waals surface area contributed by atoms with Gasteiger partial charge in [-0.3, -0.25) is 9.59 Å². The molecule has 3 aromatic carbocycles. The van der Waals surface area contributed by atoms with Gasteiger partial charge in [0.2, 0.25) is 12.3 Å². The van der Waals surface area contributed by atoms with Gasteiger partial charge in [-0.1, -0.05) is 41.4 Å². The Bertz CT molecular complexity index is 1160. The predicted octanol–water partition coefficient (Wildman–Crippen LogP) is 3.67. The molecule has 2 N–H and O–H groups in total. The van der Waals surface area contributed by atoms with Gasteiger partial charge in [-0.2, -0.15) is 0 Å². The third kappa shape index (κ3) is 4.65. The molecule has 0 spiro atoms. The van der Waals surface area contributed by atoms with Gasteiger partial charge in [0.15, 0.2) is 6.04 Å². The van der Waals surface area contributed by atoms with E-state index in [0.29, 0.717) is 10.6 Å². The molecule has 32 heavy (non-hydrogen) atoms. The quantitative estimate of drug-likeness (QED) is 0.585. The average Bonchev–Trinajstić information content (AvgIpc) is 3.09. The first-order valence-electron chi connectivity index (χ1n) is 10.2. The molecule has 1 fully saturated rings. The van der Waals surface area contributed by atoms with Gasteiger partial charge in [0.1, 0.15) is 5.75 Å². The predicted molar refractivity (Wildman–Crippen MR) is 123 cm³/mol. The third-order valence-electron chi connectivity index (χ3n) is 5.35. The van der Waals surface area contributed by atoms with Crippen LogP contribution in [0.2, 0.25) is 5.02 Å². The molecule has 3 aromatic rings. The molecule has 0 aromatic heterocycles. The zero-order chi connectivity index (χ0) is 22.7. The van der Waals surface area contributed by atoms with E-state index >= 15 is 0 Å². The highest BCUT2D eigenvalue weighted by atomic mass is 35.5. The van der Waals surface area contributed by atoms with Crippen molar-refractivity contribution in [2.75, 3.05) is 7.11 Å². The lowest BCUT2D eigenvalue weighted by molar-refractivity contribution is -0.596. The maximum atomic E-state index is 12.9. The fourth-order valence-corrected chi connectivity index (χ4v) is 3.75. The Morgan fingerprint density at radius 3 is 2.31 bits per heavy atom. The summed E-state index contributed by atoms with van der Waals surface area (Å²) in [6, 6.07) is 20.8. The Hall–Kier alpha value is -3.64. The number of halogens is 1. The average molecular weight is 449 g/mol. The summed E-state index contributed by atoms with van der Waals surface area (Å²) < 4.78 is 6.95. The van der Waals surface area contributed by atoms with Gasteiger partial charge in [0.25, 0.3) is 5.91 Å². The Kier molecular flexibility index (Phi) is 6.23. The van der Waals surface area contributed by atoms with Crippen molar-refractivity contribution in [3.05, 3.63) is 100 Å². The van der Waals surface area contributed by atoms with Gasteiger partial charge >= 0.3 is 5.91 Å². The largest absolute Gasteiger partial charge is 0.497 e. The van der Waals surface area contributed by atoms with Crippen LogP contribution in [-0.2, 0) is 4.79 Å². The van der Waals surface area contributed by atoms with Crippen LogP contribution in [0.1, 0.15) is 33.1 Å². The van der Waals surface area contributed by atoms with Crippen LogP contribution < -0.4 is 15.5 Å². The number of hydrogen-bond donors (Lipinski definition) is 2. The molecule has 0 unspecified atom stereocenters. The first-order valence-corrected chi connectivity index (χ1v) is 10.5. The summed E-state index contributed by atoms with van der Waals surface area (Å²) in [5.41, 5.74) is 6.21. The Morgan fingerprint density at radius 2 is 1.69 bits per heavy atom. The van der Waals surface area contributed by atoms with Gasteiger partial charge in [-0.15, -0.1) is 10.1 Å². The van der Waals surface area contributed by atoms with Crippen molar-refractivity contribution in [2.45, 2.75) is 19.0 Å². The van der Waals surface area contributed by atoms with Gasteiger partial charge in [-0.25, -0.2) is 0 Å². The molecule has 4 rings (SSSR count). The molecule has 1 aliphatic rings. The van der Waals surface area contributed by atoms with Crippen molar-refractivity contribution in [3.63, 3.8) is 0 Å². The molecule has 0 radical (unpaired) electrons. The molecule has 0 aliphatic carbocycles. The molecule has 6 nitrogen and oxygen atoms in total. The van der Waals surface area contributed by atoms with Crippen LogP contribution >= 0.6 is 11.6 Å². The minimum atomic E-state index is -0.782. The molecule has 0 bridgehead atoms. The minimum Gasteiger partial charge on any atom is -0.497 e. The molecule has 2 amide bonds. The highest BCUT2D eigenvalue weighted by Crippen LogP contribution is 2.26. The lowest BCUT2D eigenvalue weighted by atomic mass is 9.98. The van der Waals surface area contributed by atoms with Crippen molar-refractivity contribution < 1.29 is 19.0 Å². The molecule has 7 heteroatoms. The number of methoxy groups -OCH3 is 1. The molecule has 162 valence electrons. The molecular formula is C25H23ClN3O3+. The fourth-order valence-electron chi connectivity index (χ4n) is 3.62. The van der Waals surface area contributed by atoms with Crippen LogP contribution in [0.5, 0.6) is 5.75 Å². The number of benzene rings is 3. The fraction of sp³-hybridized carbons (Fsp3) is 0.160. The van der Waals surface area contributed by atoms with Crippen molar-refractivity contribution in [1.82, 2.24) is 10.7 Å². The summed E-state index contributed by atoms with van der Waals surface area (Å²) in [7, 11) is 1.61. The molecular weight excluding hydrogens is 426 g/mol. The number of carbonyl (C=O) groups is 2. The maximum Gasteiger partial charge on any atom is 0.304 e. The van der Waals surface area contributed by atoms with Gasteiger partial charge in [0, 0.05) is 21.7 Å². The van der Waals surface area contributed by atoms with Crippen LogP contribution in [-0.4, -0.2) is 35.9 Å². The number of carbonyl (C=O) groups excluding carboxylic acids is 2. The Morgan fingerprint density at radius 1 is 1.03 bits per heavy atom. The van der Waals surface area contributed by atoms with E-state index in [1.165, 1.54) is 0 Å². The van der Waals surface area contributed by atoms with Gasteiger partial charge in [-0.05, 0) is 55.5 Å². The monoisotopic (exact) mass is 448 g/mol. The summed E-state index contributed by atoms with van der Waals surface area (Å²) >= 11 is 5.93. The summed E-state index contributed by atoms with van der Waals surface area (Å²) in [6.07, 6.45) is 1.84. The number of hydrogen-bond acceptors (Lipinski definition) is 3. The van der Waals surface area contributed by atoms with Crippen molar-refractivity contribution >= 4 is 29.6 Å². The van der Waals surface area contributed by atoms with Crippen molar-refractivity contribution in [3.8, 4) is 5.75 Å². The third-order valence-corrected chi connectivity index (χ3v) is 5.61. The van der Waals surface area contributed by atoms with Crippen LogP contribution in [0.3, 0.4) is 0 Å². The van der Waals surface area contributed by atoms with E-state index in [2.05, 4.69) is 10.7 Å². The highest BCUT2D eigenvalue weighted by molar-refractivity contribution is 6.30. The minimum absolute atomic E-state index is 0.289. The zero-order valence-electron chi connectivity index (χ0n) is 17.7. The standard InChI is InChI=1S/C25H22ClN3O3/c1-16-3-7-18(8-4-16)23-22(27-24(30)19-9-11-20(26)12-10-19)25(31)28-29(23)15-17-5-13-21(32-2)14-6-17/h3-15,22-23H,1-2H3,(H-,27,28,30,31)/p+1/b29-15-/t22-,23+/m0/s1. The summed E-state index contributed by atoms with van der Waals surface area (Å²) in [5.74, 6) is 0.115. The second-order valence-corrected chi connectivity index (χ2v) is 8.04. The second-order valence-electron chi connectivity index (χ2n) is 7.60. The van der Waals surface area contributed by atoms with E-state index in [0.717, 1.165) is 22.4 Å². The molecule has 1 heterocycles. The van der Waals surface area contributed by atoms with Crippen LogP contribution in [0.15, 0.2) is 72.8 Å². The van der Waals surface area contributed by atoms with E-state index in [4.69, 9.17) is 16.3 Å². The maximum absolute atomic E-state index is 12.9. The van der Waals surface area contributed by atoms with Crippen LogP contribution in [0, 0.1) is 6.92 Å². The van der Waals surface area contributed by atoms with Crippen LogP contribution in [0.4, 0.5) is 0 Å². The number of nitrogens with one attached hydrogen (secondary N) is 2. The molecule has 1 aliphatic heterocycles. The summed E-state index contributed by atoms with van der Waals surface area (Å²) in [4.78, 5) is 25.8. The van der Waals surface area contributed by atoms with Crippen molar-refractivity contribution in [1.29, 1.82) is 0 Å². The highest BCUT2D eigenvalue weighted by Gasteiger charge is 2.47. The molecule has 1 saturated heterocycles. The number of aryl methyl sites for hydroxylation is 1. The van der Waals surface area contributed by atoms with E-state index in [9.17, 15) is 9.59 Å². The van der Waals surface area contributed by atoms with Crippen molar-refractivity contribution in [2.24, 2.45) is 0 Å². The van der Waals surface area contributed by atoms with E-state index < -0.39 is 12.1 Å². The molecule has 2 atom stereocenters. The van der Waals surface area contributed by atoms with Gasteiger partial charge in [0.05, 0.1) is 7.11 Å². The number of hydrazone groups is 1.